The minimum atomic E-state index is -0.414. The maximum Gasteiger partial charge on any atom is 0.116 e. The zero-order valence-corrected chi connectivity index (χ0v) is 11.3. The van der Waals surface area contributed by atoms with Crippen LogP contribution in [0.4, 0.5) is 0 Å². The van der Waals surface area contributed by atoms with Crippen LogP contribution in [0.5, 0.6) is 0 Å². The molecule has 3 heteroatoms. The van der Waals surface area contributed by atoms with Gasteiger partial charge in [0.25, 0.3) is 0 Å². The fourth-order valence-electron chi connectivity index (χ4n) is 1.75. The number of hydrogen-bond acceptors (Lipinski definition) is 3. The van der Waals surface area contributed by atoms with Crippen LogP contribution in [-0.2, 0) is 0 Å². The highest BCUT2D eigenvalue weighted by molar-refractivity contribution is 5.09. The maximum absolute atomic E-state index is 9.31. The van der Waals surface area contributed by atoms with Gasteiger partial charge in [-0.15, -0.1) is 0 Å². The van der Waals surface area contributed by atoms with Crippen molar-refractivity contribution in [2.75, 3.05) is 13.6 Å². The second kappa shape index (κ2) is 4.73. The maximum atomic E-state index is 9.31. The van der Waals surface area contributed by atoms with Gasteiger partial charge in [0.15, 0.2) is 0 Å². The Balaban J connectivity index is 2.58. The van der Waals surface area contributed by atoms with E-state index in [1.165, 1.54) is 12.8 Å². The van der Waals surface area contributed by atoms with E-state index < -0.39 is 5.54 Å². The number of nitrogens with zero attached hydrogens (tertiary/aromatic N) is 2. The molecule has 1 aliphatic rings. The van der Waals surface area contributed by atoms with Crippen molar-refractivity contribution in [3.05, 3.63) is 0 Å². The molecule has 0 aliphatic heterocycles. The largest absolute Gasteiger partial charge is 0.298 e. The molecule has 0 aromatic carbocycles. The Bertz CT molecular complexity index is 275. The van der Waals surface area contributed by atoms with E-state index in [4.69, 9.17) is 0 Å². The van der Waals surface area contributed by atoms with Gasteiger partial charge < -0.3 is 0 Å². The minimum Gasteiger partial charge on any atom is -0.298 e. The summed E-state index contributed by atoms with van der Waals surface area (Å²) >= 11 is 0. The Morgan fingerprint density at radius 1 is 1.38 bits per heavy atom. The van der Waals surface area contributed by atoms with E-state index in [1.54, 1.807) is 0 Å². The smallest absolute Gasteiger partial charge is 0.116 e. The van der Waals surface area contributed by atoms with Crippen LogP contribution in [0.15, 0.2) is 0 Å². The van der Waals surface area contributed by atoms with Crippen LogP contribution < -0.4 is 5.32 Å². The van der Waals surface area contributed by atoms with Crippen molar-refractivity contribution < 1.29 is 0 Å². The number of rotatable bonds is 6. The first-order chi connectivity index (χ1) is 7.33. The highest BCUT2D eigenvalue weighted by atomic mass is 15.2. The number of nitrogens with one attached hydrogen (secondary N) is 1. The summed E-state index contributed by atoms with van der Waals surface area (Å²) < 4.78 is 0. The number of nitriles is 1. The summed E-state index contributed by atoms with van der Waals surface area (Å²) in [6.07, 6.45) is 3.53. The van der Waals surface area contributed by atoms with Crippen LogP contribution in [0.2, 0.25) is 0 Å². The molecule has 0 aromatic rings. The van der Waals surface area contributed by atoms with Crippen LogP contribution >= 0.6 is 0 Å². The van der Waals surface area contributed by atoms with Crippen molar-refractivity contribution in [2.24, 2.45) is 0 Å². The molecule has 0 saturated heterocycles. The molecule has 0 aromatic heterocycles. The van der Waals surface area contributed by atoms with Crippen LogP contribution in [-0.4, -0.2) is 35.6 Å². The van der Waals surface area contributed by atoms with E-state index >= 15 is 0 Å². The third-order valence-corrected chi connectivity index (χ3v) is 3.80. The molecule has 1 rings (SSSR count). The summed E-state index contributed by atoms with van der Waals surface area (Å²) in [5, 5.41) is 12.8. The van der Waals surface area contributed by atoms with Gasteiger partial charge in [-0.05, 0) is 47.1 Å². The molecule has 16 heavy (non-hydrogen) atoms. The summed E-state index contributed by atoms with van der Waals surface area (Å²) in [6.45, 7) is 9.42. The first-order valence-electron chi connectivity index (χ1n) is 6.23. The molecule has 0 bridgehead atoms. The van der Waals surface area contributed by atoms with E-state index in [0.717, 1.165) is 13.0 Å². The Morgan fingerprint density at radius 3 is 2.31 bits per heavy atom. The lowest BCUT2D eigenvalue weighted by atomic mass is 9.96. The lowest BCUT2D eigenvalue weighted by Gasteiger charge is -2.39. The Kier molecular flexibility index (Phi) is 3.98. The predicted molar refractivity (Wildman–Crippen MR) is 67.2 cm³/mol. The summed E-state index contributed by atoms with van der Waals surface area (Å²) in [4.78, 5) is 2.28. The van der Waals surface area contributed by atoms with Crippen LogP contribution in [0.25, 0.3) is 0 Å². The Hall–Kier alpha value is -0.590. The summed E-state index contributed by atoms with van der Waals surface area (Å²) in [5.74, 6) is 0. The van der Waals surface area contributed by atoms with Crippen molar-refractivity contribution in [1.29, 1.82) is 5.26 Å². The predicted octanol–water partition coefficient (Wildman–Crippen LogP) is 2.14. The second-order valence-corrected chi connectivity index (χ2v) is 5.88. The first kappa shape index (κ1) is 13.5. The third kappa shape index (κ3) is 3.47. The van der Waals surface area contributed by atoms with Gasteiger partial charge in [0, 0.05) is 18.1 Å². The first-order valence-corrected chi connectivity index (χ1v) is 6.23. The zero-order valence-electron chi connectivity index (χ0n) is 11.3. The molecule has 0 heterocycles. The summed E-state index contributed by atoms with van der Waals surface area (Å²) in [7, 11) is 2.10. The van der Waals surface area contributed by atoms with Crippen molar-refractivity contribution in [3.63, 3.8) is 0 Å². The van der Waals surface area contributed by atoms with Gasteiger partial charge in [0.1, 0.15) is 5.54 Å². The Morgan fingerprint density at radius 2 is 1.94 bits per heavy atom. The fraction of sp³-hybridized carbons (Fsp3) is 0.923. The molecule has 3 nitrogen and oxygen atoms in total. The van der Waals surface area contributed by atoms with E-state index in [0.29, 0.717) is 6.04 Å². The molecule has 1 atom stereocenters. The topological polar surface area (TPSA) is 39.1 Å². The molecule has 1 aliphatic carbocycles. The number of hydrogen-bond donors (Lipinski definition) is 1. The lowest BCUT2D eigenvalue weighted by Crippen LogP contribution is -2.55. The van der Waals surface area contributed by atoms with E-state index in [9.17, 15) is 5.26 Å². The Labute approximate surface area is 99.8 Å². The van der Waals surface area contributed by atoms with Gasteiger partial charge in [-0.1, -0.05) is 6.92 Å². The van der Waals surface area contributed by atoms with Crippen LogP contribution in [0.3, 0.4) is 0 Å². The van der Waals surface area contributed by atoms with Crippen molar-refractivity contribution in [1.82, 2.24) is 10.2 Å². The SMILES string of the molecule is CCC(C)(C)N(C)CC(C)(C#N)NC1CC1. The standard InChI is InChI=1S/C13H25N3/c1-6-12(2,3)16(5)10-13(4,9-14)15-11-7-8-11/h11,15H,6-8,10H2,1-5H3. The fourth-order valence-corrected chi connectivity index (χ4v) is 1.75. The normalized spacial score (nSPS) is 20.6. The van der Waals surface area contributed by atoms with E-state index in [2.05, 4.69) is 44.1 Å². The van der Waals surface area contributed by atoms with Crippen LogP contribution in [0.1, 0.15) is 47.0 Å². The van der Waals surface area contributed by atoms with Gasteiger partial charge in [-0.3, -0.25) is 10.2 Å². The minimum absolute atomic E-state index is 0.156. The van der Waals surface area contributed by atoms with Gasteiger partial charge >= 0.3 is 0 Å². The molecular weight excluding hydrogens is 198 g/mol. The lowest BCUT2D eigenvalue weighted by molar-refractivity contribution is 0.123. The molecule has 0 spiro atoms. The van der Waals surface area contributed by atoms with Crippen molar-refractivity contribution in [2.45, 2.75) is 64.1 Å². The highest BCUT2D eigenvalue weighted by Crippen LogP contribution is 2.24. The molecule has 0 radical (unpaired) electrons. The molecule has 92 valence electrons. The highest BCUT2D eigenvalue weighted by Gasteiger charge is 2.35. The van der Waals surface area contributed by atoms with Gasteiger partial charge in [-0.25, -0.2) is 0 Å². The van der Waals surface area contributed by atoms with Crippen molar-refractivity contribution in [3.8, 4) is 6.07 Å². The number of likely N-dealkylation sites (N-methyl/N-ethyl adjacent to an activating group) is 1. The van der Waals surface area contributed by atoms with Crippen LogP contribution in [0, 0.1) is 11.3 Å². The van der Waals surface area contributed by atoms with Gasteiger partial charge in [-0.2, -0.15) is 5.26 Å². The third-order valence-electron chi connectivity index (χ3n) is 3.80. The van der Waals surface area contributed by atoms with E-state index in [1.807, 2.05) is 6.92 Å². The second-order valence-electron chi connectivity index (χ2n) is 5.88. The monoisotopic (exact) mass is 223 g/mol. The summed E-state index contributed by atoms with van der Waals surface area (Å²) in [5.41, 5.74) is -0.258. The van der Waals surface area contributed by atoms with Gasteiger partial charge in [0.2, 0.25) is 0 Å². The molecule has 1 fully saturated rings. The van der Waals surface area contributed by atoms with Crippen molar-refractivity contribution >= 4 is 0 Å². The van der Waals surface area contributed by atoms with Gasteiger partial charge in [0.05, 0.1) is 6.07 Å². The molecule has 0 amide bonds. The summed E-state index contributed by atoms with van der Waals surface area (Å²) in [6, 6.07) is 3.00. The molecule has 1 unspecified atom stereocenters. The average molecular weight is 223 g/mol. The molecule has 1 saturated carbocycles. The molecule has 1 N–H and O–H groups in total. The quantitative estimate of drug-likeness (QED) is 0.750. The average Bonchev–Trinajstić information content (AvgIpc) is 3.01. The zero-order chi connectivity index (χ0) is 12.4. The van der Waals surface area contributed by atoms with E-state index in [-0.39, 0.29) is 5.54 Å². The molecular formula is C13H25N3.